The topological polar surface area (TPSA) is 53.6 Å². The molecule has 0 atom stereocenters. The number of halogens is 1. The molecule has 0 radical (unpaired) electrons. The molecule has 0 saturated carbocycles. The smallest absolute Gasteiger partial charge is 0.188 e. The third kappa shape index (κ3) is 6.36. The van der Waals surface area contributed by atoms with Gasteiger partial charge < -0.3 is 16.0 Å². The van der Waals surface area contributed by atoms with Gasteiger partial charge in [-0.15, -0.1) is 0 Å². The van der Waals surface area contributed by atoms with Crippen LogP contribution in [0.3, 0.4) is 0 Å². The Morgan fingerprint density at radius 1 is 1.19 bits per heavy atom. The highest BCUT2D eigenvalue weighted by Crippen LogP contribution is 2.10. The van der Waals surface area contributed by atoms with E-state index in [1.165, 1.54) is 38.9 Å². The summed E-state index contributed by atoms with van der Waals surface area (Å²) >= 11 is 5.84. The lowest BCUT2D eigenvalue weighted by atomic mass is 10.2. The first-order valence-electron chi connectivity index (χ1n) is 7.74. The highest BCUT2D eigenvalue weighted by molar-refractivity contribution is 6.30. The Hall–Kier alpha value is -1.26. The molecule has 1 heterocycles. The quantitative estimate of drug-likeness (QED) is 0.462. The van der Waals surface area contributed by atoms with Gasteiger partial charge in [0.2, 0.25) is 0 Å². The van der Waals surface area contributed by atoms with Crippen molar-refractivity contribution in [1.29, 1.82) is 0 Å². The van der Waals surface area contributed by atoms with E-state index >= 15 is 0 Å². The maximum absolute atomic E-state index is 5.86. The number of hydrogen-bond acceptors (Lipinski definition) is 2. The van der Waals surface area contributed by atoms with E-state index < -0.39 is 0 Å². The zero-order valence-corrected chi connectivity index (χ0v) is 13.3. The van der Waals surface area contributed by atoms with Gasteiger partial charge in [-0.2, -0.15) is 0 Å². The number of unbranched alkanes of at least 4 members (excludes halogenated alkanes) is 1. The van der Waals surface area contributed by atoms with E-state index in [4.69, 9.17) is 17.3 Å². The Labute approximate surface area is 132 Å². The van der Waals surface area contributed by atoms with E-state index in [0.717, 1.165) is 23.6 Å². The van der Waals surface area contributed by atoms with E-state index in [-0.39, 0.29) is 0 Å². The number of likely N-dealkylation sites (tertiary alicyclic amines) is 1. The molecular formula is C16H25ClN4. The Balaban J connectivity index is 1.56. The van der Waals surface area contributed by atoms with Crippen molar-refractivity contribution < 1.29 is 0 Å². The number of nitrogens with zero attached hydrogens (tertiary/aromatic N) is 2. The van der Waals surface area contributed by atoms with Crippen molar-refractivity contribution in [2.24, 2.45) is 10.7 Å². The van der Waals surface area contributed by atoms with Crippen LogP contribution in [0, 0.1) is 0 Å². The predicted octanol–water partition coefficient (Wildman–Crippen LogP) is 2.62. The van der Waals surface area contributed by atoms with Crippen molar-refractivity contribution in [2.45, 2.75) is 32.2 Å². The molecule has 0 aliphatic carbocycles. The number of rotatable bonds is 7. The second-order valence-corrected chi connectivity index (χ2v) is 5.95. The molecule has 1 aromatic carbocycles. The van der Waals surface area contributed by atoms with E-state index in [1.807, 2.05) is 24.3 Å². The lowest BCUT2D eigenvalue weighted by Crippen LogP contribution is -2.32. The van der Waals surface area contributed by atoms with Crippen molar-refractivity contribution in [3.05, 3.63) is 34.9 Å². The average molecular weight is 309 g/mol. The zero-order valence-electron chi connectivity index (χ0n) is 12.5. The third-order valence-corrected chi connectivity index (χ3v) is 4.00. The second-order valence-electron chi connectivity index (χ2n) is 5.51. The third-order valence-electron chi connectivity index (χ3n) is 3.75. The highest BCUT2D eigenvalue weighted by atomic mass is 35.5. The van der Waals surface area contributed by atoms with E-state index in [2.05, 4.69) is 15.2 Å². The molecule has 0 unspecified atom stereocenters. The van der Waals surface area contributed by atoms with Gasteiger partial charge in [-0.05, 0) is 63.0 Å². The summed E-state index contributed by atoms with van der Waals surface area (Å²) in [6.07, 6.45) is 5.08. The molecule has 0 spiro atoms. The Morgan fingerprint density at radius 3 is 2.62 bits per heavy atom. The standard InChI is InChI=1S/C16H25ClN4/c17-15-7-5-14(6-8-15)13-20-16(18)19-9-1-2-10-21-11-3-4-12-21/h5-8H,1-4,9-13H2,(H3,18,19,20). The summed E-state index contributed by atoms with van der Waals surface area (Å²) in [7, 11) is 0. The van der Waals surface area contributed by atoms with Gasteiger partial charge in [-0.3, -0.25) is 0 Å². The SMILES string of the molecule is NC(=NCc1ccc(Cl)cc1)NCCCCN1CCCC1. The highest BCUT2D eigenvalue weighted by Gasteiger charge is 2.09. The number of benzene rings is 1. The predicted molar refractivity (Wildman–Crippen MR) is 89.7 cm³/mol. The molecule has 0 aromatic heterocycles. The molecule has 1 fully saturated rings. The van der Waals surface area contributed by atoms with Crippen LogP contribution in [-0.2, 0) is 6.54 Å². The molecule has 1 aliphatic heterocycles. The van der Waals surface area contributed by atoms with Crippen LogP contribution in [0.15, 0.2) is 29.3 Å². The van der Waals surface area contributed by atoms with Crippen LogP contribution in [0.1, 0.15) is 31.2 Å². The van der Waals surface area contributed by atoms with Gasteiger partial charge in [-0.25, -0.2) is 4.99 Å². The first kappa shape index (κ1) is 16.1. The number of nitrogens with two attached hydrogens (primary N) is 1. The maximum atomic E-state index is 5.86. The van der Waals surface area contributed by atoms with Crippen molar-refractivity contribution in [2.75, 3.05) is 26.2 Å². The number of aliphatic imine (C=N–C) groups is 1. The molecule has 2 rings (SSSR count). The van der Waals surface area contributed by atoms with Gasteiger partial charge in [0, 0.05) is 11.6 Å². The summed E-state index contributed by atoms with van der Waals surface area (Å²) < 4.78 is 0. The lowest BCUT2D eigenvalue weighted by Gasteiger charge is -2.14. The van der Waals surface area contributed by atoms with Crippen LogP contribution in [0.4, 0.5) is 0 Å². The summed E-state index contributed by atoms with van der Waals surface area (Å²) in [5.74, 6) is 0.520. The van der Waals surface area contributed by atoms with Gasteiger partial charge in [0.1, 0.15) is 0 Å². The van der Waals surface area contributed by atoms with Crippen molar-refractivity contribution >= 4 is 17.6 Å². The van der Waals surface area contributed by atoms with E-state index in [1.54, 1.807) is 0 Å². The lowest BCUT2D eigenvalue weighted by molar-refractivity contribution is 0.330. The summed E-state index contributed by atoms with van der Waals surface area (Å²) in [4.78, 5) is 6.87. The van der Waals surface area contributed by atoms with Crippen LogP contribution >= 0.6 is 11.6 Å². The van der Waals surface area contributed by atoms with Crippen LogP contribution in [0.25, 0.3) is 0 Å². The number of guanidine groups is 1. The van der Waals surface area contributed by atoms with Crippen LogP contribution in [0.2, 0.25) is 5.02 Å². The van der Waals surface area contributed by atoms with E-state index in [9.17, 15) is 0 Å². The fourth-order valence-corrected chi connectivity index (χ4v) is 2.63. The summed E-state index contributed by atoms with van der Waals surface area (Å²) in [6.45, 7) is 5.24. The molecule has 21 heavy (non-hydrogen) atoms. The minimum atomic E-state index is 0.520. The minimum absolute atomic E-state index is 0.520. The molecule has 4 nitrogen and oxygen atoms in total. The molecule has 1 saturated heterocycles. The maximum Gasteiger partial charge on any atom is 0.188 e. The first-order chi connectivity index (χ1) is 10.2. The van der Waals surface area contributed by atoms with Gasteiger partial charge in [0.15, 0.2) is 5.96 Å². The van der Waals surface area contributed by atoms with Gasteiger partial charge >= 0.3 is 0 Å². The molecule has 1 aromatic rings. The van der Waals surface area contributed by atoms with Crippen molar-refractivity contribution in [3.63, 3.8) is 0 Å². The first-order valence-corrected chi connectivity index (χ1v) is 8.12. The fourth-order valence-electron chi connectivity index (χ4n) is 2.51. The van der Waals surface area contributed by atoms with Crippen molar-refractivity contribution in [3.8, 4) is 0 Å². The number of hydrogen-bond donors (Lipinski definition) is 2. The fraction of sp³-hybridized carbons (Fsp3) is 0.562. The minimum Gasteiger partial charge on any atom is -0.370 e. The molecule has 3 N–H and O–H groups in total. The van der Waals surface area contributed by atoms with Gasteiger partial charge in [0.25, 0.3) is 0 Å². The Morgan fingerprint density at radius 2 is 1.90 bits per heavy atom. The molecule has 0 bridgehead atoms. The van der Waals surface area contributed by atoms with Gasteiger partial charge in [-0.1, -0.05) is 23.7 Å². The normalized spacial score (nSPS) is 16.3. The molecular weight excluding hydrogens is 284 g/mol. The Bertz CT molecular complexity index is 438. The number of nitrogens with one attached hydrogen (secondary N) is 1. The summed E-state index contributed by atoms with van der Waals surface area (Å²) in [5, 5.41) is 3.92. The largest absolute Gasteiger partial charge is 0.370 e. The van der Waals surface area contributed by atoms with Crippen LogP contribution in [0.5, 0.6) is 0 Å². The molecule has 116 valence electrons. The van der Waals surface area contributed by atoms with Crippen LogP contribution in [-0.4, -0.2) is 37.0 Å². The molecule has 5 heteroatoms. The average Bonchev–Trinajstić information content (AvgIpc) is 2.99. The summed E-state index contributed by atoms with van der Waals surface area (Å²) in [6, 6.07) is 7.67. The van der Waals surface area contributed by atoms with Gasteiger partial charge in [0.05, 0.1) is 6.54 Å². The van der Waals surface area contributed by atoms with E-state index in [0.29, 0.717) is 12.5 Å². The zero-order chi connectivity index (χ0) is 14.9. The monoisotopic (exact) mass is 308 g/mol. The second kappa shape index (κ2) is 8.90. The summed E-state index contributed by atoms with van der Waals surface area (Å²) in [5.41, 5.74) is 6.97. The molecule has 0 amide bonds. The molecule has 1 aliphatic rings. The van der Waals surface area contributed by atoms with Crippen LogP contribution < -0.4 is 11.1 Å². The Kier molecular flexibility index (Phi) is 6.83. The van der Waals surface area contributed by atoms with Crippen molar-refractivity contribution in [1.82, 2.24) is 10.2 Å².